The Bertz CT molecular complexity index is 708. The van der Waals surface area contributed by atoms with Crippen LogP contribution in [0.1, 0.15) is 39.2 Å². The zero-order valence-corrected chi connectivity index (χ0v) is 14.8. The van der Waals surface area contributed by atoms with Crippen LogP contribution in [0.15, 0.2) is 24.4 Å². The molecule has 0 fully saturated rings. The summed E-state index contributed by atoms with van der Waals surface area (Å²) in [6, 6.07) is 3.59. The Hall–Kier alpha value is -1.69. The van der Waals surface area contributed by atoms with E-state index in [0.29, 0.717) is 17.3 Å². The molecule has 0 amide bonds. The van der Waals surface area contributed by atoms with Gasteiger partial charge < -0.3 is 5.32 Å². The van der Waals surface area contributed by atoms with Crippen LogP contribution in [0.3, 0.4) is 0 Å². The summed E-state index contributed by atoms with van der Waals surface area (Å²) in [7, 11) is 0. The van der Waals surface area contributed by atoms with Crippen molar-refractivity contribution in [1.29, 1.82) is 0 Å². The minimum atomic E-state index is -4.29. The molecule has 0 aliphatic rings. The summed E-state index contributed by atoms with van der Waals surface area (Å²) in [6.07, 6.45) is -2.71. The molecule has 0 spiro atoms. The van der Waals surface area contributed by atoms with Gasteiger partial charge in [0.25, 0.3) is 0 Å². The third kappa shape index (κ3) is 3.86. The van der Waals surface area contributed by atoms with Crippen LogP contribution >= 0.6 is 11.6 Å². The Labute approximate surface area is 144 Å². The van der Waals surface area contributed by atoms with Crippen molar-refractivity contribution in [3.8, 4) is 11.3 Å². The first-order chi connectivity index (χ1) is 11.1. The van der Waals surface area contributed by atoms with Gasteiger partial charge in [-0.3, -0.25) is 4.68 Å². The molecule has 3 nitrogen and oxygen atoms in total. The summed E-state index contributed by atoms with van der Waals surface area (Å²) < 4.78 is 40.1. The highest BCUT2D eigenvalue weighted by molar-refractivity contribution is 6.33. The molecule has 1 aromatic carbocycles. The number of halogens is 4. The van der Waals surface area contributed by atoms with Crippen molar-refractivity contribution in [1.82, 2.24) is 9.78 Å². The standard InChI is InChI=1S/C17H21ClF3N3/c1-5-24-16(15(18)9-22-24)13-7-6-12(8-14(13)10(2)3)23-11(4)17(19,20)21/h6-11,23H,5H2,1-4H3/t11-/m1/s1. The fraction of sp³-hybridized carbons (Fsp3) is 0.471. The van der Waals surface area contributed by atoms with E-state index in [0.717, 1.165) is 23.7 Å². The highest BCUT2D eigenvalue weighted by atomic mass is 35.5. The third-order valence-electron chi connectivity index (χ3n) is 3.90. The van der Waals surface area contributed by atoms with Gasteiger partial charge >= 0.3 is 6.18 Å². The molecule has 132 valence electrons. The van der Waals surface area contributed by atoms with Crippen LogP contribution in [0.5, 0.6) is 0 Å². The van der Waals surface area contributed by atoms with Crippen LogP contribution in [0, 0.1) is 0 Å². The summed E-state index contributed by atoms with van der Waals surface area (Å²) in [5, 5.41) is 7.28. The van der Waals surface area contributed by atoms with Gasteiger partial charge in [-0.2, -0.15) is 18.3 Å². The first-order valence-electron chi connectivity index (χ1n) is 7.84. The number of aromatic nitrogens is 2. The summed E-state index contributed by atoms with van der Waals surface area (Å²) >= 11 is 6.27. The van der Waals surface area contributed by atoms with E-state index in [1.54, 1.807) is 29.1 Å². The summed E-state index contributed by atoms with van der Waals surface area (Å²) in [5.41, 5.74) is 3.04. The summed E-state index contributed by atoms with van der Waals surface area (Å²) in [5.74, 6) is 0.124. The van der Waals surface area contributed by atoms with Gasteiger partial charge in [-0.1, -0.05) is 31.5 Å². The number of alkyl halides is 3. The van der Waals surface area contributed by atoms with E-state index in [4.69, 9.17) is 11.6 Å². The number of nitrogens with one attached hydrogen (secondary N) is 1. The Morgan fingerprint density at radius 2 is 1.92 bits per heavy atom. The van der Waals surface area contributed by atoms with E-state index in [1.807, 2.05) is 20.8 Å². The Morgan fingerprint density at radius 1 is 1.25 bits per heavy atom. The molecule has 2 aromatic rings. The Kier molecular flexibility index (Phi) is 5.48. The van der Waals surface area contributed by atoms with E-state index in [2.05, 4.69) is 10.4 Å². The monoisotopic (exact) mass is 359 g/mol. The molecule has 1 heterocycles. The van der Waals surface area contributed by atoms with Crippen molar-refractivity contribution < 1.29 is 13.2 Å². The lowest BCUT2D eigenvalue weighted by Crippen LogP contribution is -2.33. The van der Waals surface area contributed by atoms with Gasteiger partial charge in [0.05, 0.1) is 16.9 Å². The molecule has 0 aliphatic heterocycles. The fourth-order valence-electron chi connectivity index (χ4n) is 2.55. The maximum absolute atomic E-state index is 12.8. The minimum absolute atomic E-state index is 0.124. The van der Waals surface area contributed by atoms with E-state index in [-0.39, 0.29) is 5.92 Å². The largest absolute Gasteiger partial charge is 0.408 e. The van der Waals surface area contributed by atoms with Crippen molar-refractivity contribution >= 4 is 17.3 Å². The van der Waals surface area contributed by atoms with Crippen LogP contribution in [-0.4, -0.2) is 22.0 Å². The SMILES string of the molecule is CCn1ncc(Cl)c1-c1ccc(N[C@H](C)C(F)(F)F)cc1C(C)C. The van der Waals surface area contributed by atoms with Gasteiger partial charge in [0.2, 0.25) is 0 Å². The molecule has 0 bridgehead atoms. The third-order valence-corrected chi connectivity index (χ3v) is 4.17. The van der Waals surface area contributed by atoms with Gasteiger partial charge in [0.15, 0.2) is 0 Å². The molecule has 1 atom stereocenters. The molecule has 0 saturated carbocycles. The average Bonchev–Trinajstić information content (AvgIpc) is 2.87. The predicted molar refractivity (Wildman–Crippen MR) is 91.6 cm³/mol. The minimum Gasteiger partial charge on any atom is -0.374 e. The summed E-state index contributed by atoms with van der Waals surface area (Å²) in [6.45, 7) is 7.71. The first kappa shape index (κ1) is 18.6. The number of rotatable bonds is 5. The van der Waals surface area contributed by atoms with Crippen molar-refractivity contribution in [2.45, 2.75) is 52.4 Å². The number of benzene rings is 1. The Balaban J connectivity index is 2.46. The smallest absolute Gasteiger partial charge is 0.374 e. The molecule has 0 unspecified atom stereocenters. The average molecular weight is 360 g/mol. The molecule has 0 aliphatic carbocycles. The zero-order valence-electron chi connectivity index (χ0n) is 14.1. The van der Waals surface area contributed by atoms with Crippen LogP contribution in [0.25, 0.3) is 11.3 Å². The number of nitrogens with zero attached hydrogens (tertiary/aromatic N) is 2. The fourth-order valence-corrected chi connectivity index (χ4v) is 2.79. The maximum Gasteiger partial charge on any atom is 0.408 e. The molecule has 0 saturated heterocycles. The van der Waals surface area contributed by atoms with Crippen molar-refractivity contribution in [3.05, 3.63) is 35.0 Å². The van der Waals surface area contributed by atoms with Gasteiger partial charge in [-0.25, -0.2) is 0 Å². The van der Waals surface area contributed by atoms with Crippen LogP contribution < -0.4 is 5.32 Å². The molecule has 7 heteroatoms. The van der Waals surface area contributed by atoms with Crippen LogP contribution in [0.4, 0.5) is 18.9 Å². The highest BCUT2D eigenvalue weighted by Gasteiger charge is 2.36. The lowest BCUT2D eigenvalue weighted by Gasteiger charge is -2.21. The van der Waals surface area contributed by atoms with Crippen LogP contribution in [0.2, 0.25) is 5.02 Å². The number of hydrogen-bond donors (Lipinski definition) is 1. The van der Waals surface area contributed by atoms with Gasteiger partial charge in [0, 0.05) is 17.8 Å². The molecular formula is C17H21ClF3N3. The first-order valence-corrected chi connectivity index (χ1v) is 8.21. The normalized spacial score (nSPS) is 13.4. The second-order valence-corrected chi connectivity index (χ2v) is 6.43. The second kappa shape index (κ2) is 7.05. The van der Waals surface area contributed by atoms with Crippen molar-refractivity contribution in [3.63, 3.8) is 0 Å². The molecule has 2 rings (SSSR count). The molecular weight excluding hydrogens is 339 g/mol. The molecule has 1 N–H and O–H groups in total. The second-order valence-electron chi connectivity index (χ2n) is 6.02. The number of hydrogen-bond acceptors (Lipinski definition) is 2. The molecule has 0 radical (unpaired) electrons. The number of anilines is 1. The zero-order chi connectivity index (χ0) is 18.1. The van der Waals surface area contributed by atoms with Gasteiger partial charge in [-0.15, -0.1) is 0 Å². The van der Waals surface area contributed by atoms with Gasteiger partial charge in [0.1, 0.15) is 6.04 Å². The number of aryl methyl sites for hydroxylation is 1. The van der Waals surface area contributed by atoms with E-state index >= 15 is 0 Å². The highest BCUT2D eigenvalue weighted by Crippen LogP contribution is 2.36. The van der Waals surface area contributed by atoms with Crippen LogP contribution in [-0.2, 0) is 6.54 Å². The molecule has 1 aromatic heterocycles. The van der Waals surface area contributed by atoms with E-state index in [1.165, 1.54) is 0 Å². The quantitative estimate of drug-likeness (QED) is 0.741. The predicted octanol–water partition coefficient (Wildman–Crippen LogP) is 5.71. The topological polar surface area (TPSA) is 29.9 Å². The molecule has 24 heavy (non-hydrogen) atoms. The maximum atomic E-state index is 12.8. The van der Waals surface area contributed by atoms with E-state index in [9.17, 15) is 13.2 Å². The lowest BCUT2D eigenvalue weighted by molar-refractivity contribution is -0.138. The summed E-state index contributed by atoms with van der Waals surface area (Å²) in [4.78, 5) is 0. The Morgan fingerprint density at radius 3 is 2.46 bits per heavy atom. The van der Waals surface area contributed by atoms with Crippen molar-refractivity contribution in [2.24, 2.45) is 0 Å². The van der Waals surface area contributed by atoms with E-state index < -0.39 is 12.2 Å². The van der Waals surface area contributed by atoms with Gasteiger partial charge in [-0.05, 0) is 37.5 Å². The van der Waals surface area contributed by atoms with Crippen molar-refractivity contribution in [2.75, 3.05) is 5.32 Å². The lowest BCUT2D eigenvalue weighted by atomic mass is 9.94.